The van der Waals surface area contributed by atoms with E-state index < -0.39 is 107 Å². The van der Waals surface area contributed by atoms with E-state index in [0.717, 1.165) is 15.4 Å². The van der Waals surface area contributed by atoms with Crippen LogP contribution in [0.25, 0.3) is 0 Å². The van der Waals surface area contributed by atoms with Gasteiger partial charge in [-0.15, -0.1) is 0 Å². The first-order valence-electron chi connectivity index (χ1n) is 32.6. The van der Waals surface area contributed by atoms with Crippen LogP contribution in [0.2, 0.25) is 0 Å². The lowest BCUT2D eigenvalue weighted by molar-refractivity contribution is -0.147. The van der Waals surface area contributed by atoms with Gasteiger partial charge in [-0.3, -0.25) is 48.2 Å². The van der Waals surface area contributed by atoms with Gasteiger partial charge in [-0.1, -0.05) is 116 Å². The van der Waals surface area contributed by atoms with Crippen LogP contribution in [0.5, 0.6) is 0 Å². The van der Waals surface area contributed by atoms with Crippen molar-refractivity contribution in [1.29, 1.82) is 0 Å². The first-order valence-corrected chi connectivity index (χ1v) is 33.0. The Labute approximate surface area is 564 Å². The highest BCUT2D eigenvalue weighted by molar-refractivity contribution is 7.80. The van der Waals surface area contributed by atoms with E-state index in [-0.39, 0.29) is 80.8 Å². The van der Waals surface area contributed by atoms with Crippen molar-refractivity contribution < 1.29 is 71.7 Å². The molecule has 524 valence electrons. The van der Waals surface area contributed by atoms with Crippen LogP contribution >= 0.6 is 12.2 Å². The van der Waals surface area contributed by atoms with Gasteiger partial charge in [0.05, 0.1) is 42.8 Å². The number of methoxy groups -OCH3 is 3. The van der Waals surface area contributed by atoms with Gasteiger partial charge in [0, 0.05) is 84.5 Å². The third-order valence-corrected chi connectivity index (χ3v) is 18.1. The van der Waals surface area contributed by atoms with Crippen molar-refractivity contribution in [1.82, 2.24) is 40.9 Å². The Morgan fingerprint density at radius 2 is 1.43 bits per heavy atom. The average Bonchev–Trinajstić information content (AvgIpc) is 1.71. The number of esters is 1. The van der Waals surface area contributed by atoms with Gasteiger partial charge in [-0.25, -0.2) is 19.4 Å². The molecule has 26 nitrogen and oxygen atoms in total. The number of hydrogen-bond acceptors (Lipinski definition) is 16. The molecule has 1 fully saturated rings. The fourth-order valence-electron chi connectivity index (χ4n) is 11.4. The zero-order valence-electron chi connectivity index (χ0n) is 57.7. The number of unbranched alkanes of at least 4 members (excludes halogenated alkanes) is 2. The Morgan fingerprint density at radius 1 is 0.789 bits per heavy atom. The Morgan fingerprint density at radius 3 is 2.01 bits per heavy atom. The van der Waals surface area contributed by atoms with E-state index in [1.807, 2.05) is 51.1 Å². The second-order valence-corrected chi connectivity index (χ2v) is 25.9. The number of urea groups is 1. The summed E-state index contributed by atoms with van der Waals surface area (Å²) in [5.41, 5.74) is 5.22. The Hall–Kier alpha value is -8.17. The average molecular weight is 1340 g/mol. The van der Waals surface area contributed by atoms with Gasteiger partial charge in [0.25, 0.3) is 23.6 Å². The lowest BCUT2D eigenvalue weighted by atomic mass is 9.89. The van der Waals surface area contributed by atoms with E-state index in [2.05, 4.69) is 31.6 Å². The van der Waals surface area contributed by atoms with E-state index in [0.29, 0.717) is 67.7 Å². The minimum atomic E-state index is -1.55. The van der Waals surface area contributed by atoms with Gasteiger partial charge in [0.1, 0.15) is 36.0 Å². The quantitative estimate of drug-likeness (QED) is 0.0154. The van der Waals surface area contributed by atoms with Gasteiger partial charge in [-0.2, -0.15) is 0 Å². The number of aliphatic imine (C=N–C) groups is 1. The summed E-state index contributed by atoms with van der Waals surface area (Å²) in [5.74, 6) is -5.84. The summed E-state index contributed by atoms with van der Waals surface area (Å²) in [6.07, 6.45) is 4.18. The van der Waals surface area contributed by atoms with E-state index in [4.69, 9.17) is 36.9 Å². The molecule has 2 aliphatic heterocycles. The lowest BCUT2D eigenvalue weighted by Gasteiger charge is -2.41. The molecule has 2 aromatic carbocycles. The van der Waals surface area contributed by atoms with Crippen molar-refractivity contribution in [3.8, 4) is 0 Å². The number of hydrogen-bond donors (Lipinski definition) is 6. The fraction of sp³-hybridized carbons (Fsp3) is 0.603. The van der Waals surface area contributed by atoms with E-state index in [1.54, 1.807) is 75.9 Å². The molecule has 0 unspecified atom stereocenters. The number of carbonyl (C=O) groups is 11. The third kappa shape index (κ3) is 23.3. The summed E-state index contributed by atoms with van der Waals surface area (Å²) in [6.45, 7) is 16.4. The number of nitrogens with zero attached hydrogens (tertiary/aromatic N) is 5. The van der Waals surface area contributed by atoms with Crippen LogP contribution in [0.4, 0.5) is 15.3 Å². The zero-order valence-corrected chi connectivity index (χ0v) is 58.5. The number of likely N-dealkylation sites (N-methyl/N-ethyl adjacent to an activating group) is 2. The minimum absolute atomic E-state index is 0.0550. The number of nitrogens with one attached hydrogen (secondary N) is 5. The van der Waals surface area contributed by atoms with Crippen LogP contribution in [0.3, 0.4) is 0 Å². The van der Waals surface area contributed by atoms with Crippen LogP contribution in [-0.4, -0.2) is 199 Å². The Balaban J connectivity index is 1.38. The molecule has 0 bridgehead atoms. The number of carbonyl (C=O) groups excluding carboxylic acids is 11. The van der Waals surface area contributed by atoms with Crippen LogP contribution < -0.4 is 32.3 Å². The molecule has 2 aliphatic rings. The molecular weight excluding hydrogens is 1240 g/mol. The smallest absolute Gasteiger partial charge is 0.410 e. The number of anilines is 1. The monoisotopic (exact) mass is 1340 g/mol. The molecule has 11 amide bonds. The van der Waals surface area contributed by atoms with Crippen LogP contribution in [0.15, 0.2) is 71.7 Å². The van der Waals surface area contributed by atoms with Crippen molar-refractivity contribution in [2.75, 3.05) is 60.4 Å². The lowest BCUT2D eigenvalue weighted by Crippen LogP contribution is -2.62. The number of imide groups is 1. The van der Waals surface area contributed by atoms with Crippen molar-refractivity contribution in [2.45, 2.75) is 188 Å². The van der Waals surface area contributed by atoms with Gasteiger partial charge >= 0.3 is 18.1 Å². The van der Waals surface area contributed by atoms with Gasteiger partial charge in [-0.05, 0) is 93.4 Å². The van der Waals surface area contributed by atoms with E-state index in [1.165, 1.54) is 47.3 Å². The zero-order chi connectivity index (χ0) is 70.9. The molecule has 27 heteroatoms. The molecule has 0 saturated carbocycles. The Bertz CT molecular complexity index is 3030. The molecule has 9 atom stereocenters. The maximum atomic E-state index is 14.8. The Kier molecular flexibility index (Phi) is 32.0. The van der Waals surface area contributed by atoms with Gasteiger partial charge < -0.3 is 61.1 Å². The number of thiocarbonyl (C=S) groups is 1. The number of amides is 11. The van der Waals surface area contributed by atoms with Crippen molar-refractivity contribution in [3.05, 3.63) is 77.9 Å². The second kappa shape index (κ2) is 38.4. The van der Waals surface area contributed by atoms with Crippen LogP contribution in [-0.2, 0) is 75.1 Å². The highest BCUT2D eigenvalue weighted by Gasteiger charge is 2.44. The summed E-state index contributed by atoms with van der Waals surface area (Å²) in [6, 6.07) is 11.1. The molecule has 0 aliphatic carbocycles. The summed E-state index contributed by atoms with van der Waals surface area (Å²) < 4.78 is 23.0. The standard InChI is InChI=1S/C68H101N11O15S/c1-15-43(6)58(51(91-12)39-55(83)78-37-23-27-50(78)59(92-13)44(7)62(95)73-49(64(87)93-14)38-45-24-18-16-19-25-45)76(10)63(86)57(42(4)5)75-65(88)68(8,9)77(11)67(90)94-40-46-29-31-47(32-30-46)71-60(84)48(26-22-35-70-66(69)89)72-61(85)56(41(2)3)74-52(80)28-20-17-21-36-79-53(81)33-34-54(79)82/h16,18-19,24-25,29-34,41-44,49-51,56-59H,15,17,20-23,26-28,35-40H2,1-14H3,(H,71,84)(H,73,95)(H,74,80)(H,75,88)(H3,69,70,89)/t43-,44+,49-,50-,51+,56-,57-,58-,59+/m0/s1. The predicted molar refractivity (Wildman–Crippen MR) is 362 cm³/mol. The second-order valence-electron chi connectivity index (χ2n) is 25.4. The molecule has 0 spiro atoms. The molecule has 0 radical (unpaired) electrons. The molecule has 7 N–H and O–H groups in total. The maximum absolute atomic E-state index is 14.8. The molecular formula is C68H101N11O15S. The van der Waals surface area contributed by atoms with Crippen LogP contribution in [0, 0.1) is 23.7 Å². The molecule has 1 saturated heterocycles. The molecule has 4 rings (SSSR count). The van der Waals surface area contributed by atoms with Crippen molar-refractivity contribution in [3.63, 3.8) is 0 Å². The third-order valence-electron chi connectivity index (χ3n) is 17.6. The topological polar surface area (TPSA) is 336 Å². The number of nitrogens with two attached hydrogens (primary N) is 1. The highest BCUT2D eigenvalue weighted by Crippen LogP contribution is 2.31. The maximum Gasteiger partial charge on any atom is 0.410 e. The molecule has 0 aromatic heterocycles. The molecule has 2 aromatic rings. The summed E-state index contributed by atoms with van der Waals surface area (Å²) >= 11 is 5.89. The summed E-state index contributed by atoms with van der Waals surface area (Å²) in [7, 11) is 7.44. The summed E-state index contributed by atoms with van der Waals surface area (Å²) in [5, 5.41) is 14.0. The van der Waals surface area contributed by atoms with Crippen molar-refractivity contribution >= 4 is 94.0 Å². The first kappa shape index (κ1) is 79.3. The van der Waals surface area contributed by atoms with Gasteiger partial charge in [0.15, 0.2) is 0 Å². The predicted octanol–water partition coefficient (Wildman–Crippen LogP) is 5.78. The summed E-state index contributed by atoms with van der Waals surface area (Å²) in [4.78, 5) is 156. The van der Waals surface area contributed by atoms with Crippen LogP contribution in [0.1, 0.15) is 138 Å². The first-order chi connectivity index (χ1) is 44.9. The SMILES string of the molecule is CC[C@H](C)[C@@H]([C@@H](CC(=O)N1CCC[C@H]1[C@H](OC)[C@@H](C)C(=S)N[C@@H](Cc1ccccc1)C(=O)OC)OC)N(C)C(=O)[C@@H](NC(=O)C(C)(C)N(C)C(=O)OCc1ccc(NC(=O)C(CCCNC(N)=O)=NC(=O)[C@@H](NC(=O)CCCCCN2C(=O)C=CC2=O)C(C)C)cc1)C(C)C. The largest absolute Gasteiger partial charge is 0.467 e. The van der Waals surface area contributed by atoms with E-state index in [9.17, 15) is 52.7 Å². The number of likely N-dealkylation sites (tertiary alicyclic amines) is 1. The minimum Gasteiger partial charge on any atom is -0.467 e. The highest BCUT2D eigenvalue weighted by atomic mass is 32.1. The number of ether oxygens (including phenoxy) is 4. The van der Waals surface area contributed by atoms with Gasteiger partial charge in [0.2, 0.25) is 23.6 Å². The normalized spacial score (nSPS) is 16.6. The van der Waals surface area contributed by atoms with Crippen molar-refractivity contribution in [2.24, 2.45) is 34.4 Å². The number of benzene rings is 2. The molecule has 2 heterocycles. The number of primary amides is 1. The fourth-order valence-corrected chi connectivity index (χ4v) is 11.7. The van der Waals surface area contributed by atoms with E-state index >= 15 is 0 Å². The molecule has 95 heavy (non-hydrogen) atoms. The number of rotatable bonds is 37.